The summed E-state index contributed by atoms with van der Waals surface area (Å²) in [6.45, 7) is 0.636. The van der Waals surface area contributed by atoms with Crippen molar-refractivity contribution in [2.45, 2.75) is 50.9 Å². The molecule has 94 valence electrons. The number of hydrogen-bond donors (Lipinski definition) is 2. The van der Waals surface area contributed by atoms with Crippen LogP contribution in [0, 0.1) is 0 Å². The molecule has 0 spiro atoms. The molecule has 0 bridgehead atoms. The lowest BCUT2D eigenvalue weighted by atomic mass is 9.87. The standard InChI is InChI=1S/C13H21N3O/c14-8-4-7-12-15-11(9-13(17)16-12)10-5-2-1-3-6-10/h9-10H,1-8,14H2,(H,15,16,17). The fourth-order valence-corrected chi connectivity index (χ4v) is 2.52. The van der Waals surface area contributed by atoms with Gasteiger partial charge < -0.3 is 10.7 Å². The number of nitrogens with zero attached hydrogens (tertiary/aromatic N) is 1. The van der Waals surface area contributed by atoms with Crippen molar-refractivity contribution in [3.8, 4) is 0 Å². The van der Waals surface area contributed by atoms with Gasteiger partial charge in [-0.15, -0.1) is 0 Å². The first-order chi connectivity index (χ1) is 8.29. The average molecular weight is 235 g/mol. The molecule has 0 aliphatic heterocycles. The number of aromatic nitrogens is 2. The van der Waals surface area contributed by atoms with Crippen molar-refractivity contribution in [2.24, 2.45) is 5.73 Å². The van der Waals surface area contributed by atoms with E-state index in [0.29, 0.717) is 12.5 Å². The Morgan fingerprint density at radius 2 is 2.12 bits per heavy atom. The molecular weight excluding hydrogens is 214 g/mol. The topological polar surface area (TPSA) is 71.8 Å². The molecule has 3 N–H and O–H groups in total. The molecule has 1 fully saturated rings. The molecule has 0 unspecified atom stereocenters. The van der Waals surface area contributed by atoms with Gasteiger partial charge in [-0.25, -0.2) is 4.98 Å². The zero-order valence-corrected chi connectivity index (χ0v) is 10.2. The lowest BCUT2D eigenvalue weighted by molar-refractivity contribution is 0.434. The number of rotatable bonds is 4. The summed E-state index contributed by atoms with van der Waals surface area (Å²) in [5.74, 6) is 1.28. The van der Waals surface area contributed by atoms with Gasteiger partial charge in [0.2, 0.25) is 0 Å². The lowest BCUT2D eigenvalue weighted by Gasteiger charge is -2.21. The van der Waals surface area contributed by atoms with Crippen LogP contribution >= 0.6 is 0 Å². The Kier molecular flexibility index (Phi) is 4.31. The van der Waals surface area contributed by atoms with Crippen LogP contribution in [0.2, 0.25) is 0 Å². The minimum atomic E-state index is -0.0207. The molecule has 1 heterocycles. The number of nitrogens with one attached hydrogen (secondary N) is 1. The molecule has 0 atom stereocenters. The molecule has 0 saturated heterocycles. The van der Waals surface area contributed by atoms with Gasteiger partial charge >= 0.3 is 0 Å². The number of aromatic amines is 1. The molecule has 4 nitrogen and oxygen atoms in total. The monoisotopic (exact) mass is 235 g/mol. The van der Waals surface area contributed by atoms with E-state index in [1.165, 1.54) is 32.1 Å². The molecule has 0 radical (unpaired) electrons. The maximum Gasteiger partial charge on any atom is 0.251 e. The Labute approximate surface area is 102 Å². The highest BCUT2D eigenvalue weighted by Gasteiger charge is 2.17. The summed E-state index contributed by atoms with van der Waals surface area (Å²) >= 11 is 0. The highest BCUT2D eigenvalue weighted by Crippen LogP contribution is 2.30. The van der Waals surface area contributed by atoms with Crippen LogP contribution in [0.3, 0.4) is 0 Å². The van der Waals surface area contributed by atoms with Gasteiger partial charge in [0.05, 0.1) is 5.69 Å². The number of H-pyrrole nitrogens is 1. The van der Waals surface area contributed by atoms with E-state index < -0.39 is 0 Å². The smallest absolute Gasteiger partial charge is 0.251 e. The van der Waals surface area contributed by atoms with Crippen molar-refractivity contribution in [3.63, 3.8) is 0 Å². The van der Waals surface area contributed by atoms with E-state index in [0.717, 1.165) is 24.4 Å². The highest BCUT2D eigenvalue weighted by atomic mass is 16.1. The fourth-order valence-electron chi connectivity index (χ4n) is 2.52. The Morgan fingerprint density at radius 3 is 2.82 bits per heavy atom. The van der Waals surface area contributed by atoms with Crippen molar-refractivity contribution in [1.29, 1.82) is 0 Å². The molecule has 1 aliphatic rings. The van der Waals surface area contributed by atoms with Crippen LogP contribution in [0.5, 0.6) is 0 Å². The van der Waals surface area contributed by atoms with Gasteiger partial charge in [-0.1, -0.05) is 19.3 Å². The average Bonchev–Trinajstić information content (AvgIpc) is 2.37. The van der Waals surface area contributed by atoms with Gasteiger partial charge in [0, 0.05) is 18.4 Å². The second-order valence-corrected chi connectivity index (χ2v) is 4.84. The maximum absolute atomic E-state index is 11.6. The molecular formula is C13H21N3O. The minimum Gasteiger partial charge on any atom is -0.330 e. The molecule has 1 aromatic rings. The fraction of sp³-hybridized carbons (Fsp3) is 0.692. The SMILES string of the molecule is NCCCc1nc(C2CCCCC2)cc(=O)[nH]1. The Hall–Kier alpha value is -1.16. The third-order valence-corrected chi connectivity index (χ3v) is 3.45. The Morgan fingerprint density at radius 1 is 1.35 bits per heavy atom. The van der Waals surface area contributed by atoms with Crippen LogP contribution in [0.25, 0.3) is 0 Å². The van der Waals surface area contributed by atoms with E-state index >= 15 is 0 Å². The van der Waals surface area contributed by atoms with E-state index in [1.807, 2.05) is 0 Å². The van der Waals surface area contributed by atoms with Crippen LogP contribution in [0.4, 0.5) is 0 Å². The van der Waals surface area contributed by atoms with Crippen molar-refractivity contribution in [2.75, 3.05) is 6.54 Å². The first-order valence-corrected chi connectivity index (χ1v) is 6.60. The number of hydrogen-bond acceptors (Lipinski definition) is 3. The van der Waals surface area contributed by atoms with Gasteiger partial charge in [0.25, 0.3) is 5.56 Å². The van der Waals surface area contributed by atoms with Gasteiger partial charge in [0.1, 0.15) is 5.82 Å². The van der Waals surface area contributed by atoms with Gasteiger partial charge in [-0.05, 0) is 25.8 Å². The molecule has 1 saturated carbocycles. The molecule has 1 aromatic heterocycles. The summed E-state index contributed by atoms with van der Waals surface area (Å²) in [6.07, 6.45) is 7.83. The van der Waals surface area contributed by atoms with Crippen molar-refractivity contribution in [3.05, 3.63) is 27.9 Å². The summed E-state index contributed by atoms with van der Waals surface area (Å²) in [5, 5.41) is 0. The molecule has 0 amide bonds. The van der Waals surface area contributed by atoms with Crippen molar-refractivity contribution >= 4 is 0 Å². The molecule has 2 rings (SSSR count). The quantitative estimate of drug-likeness (QED) is 0.834. The number of nitrogens with two attached hydrogens (primary N) is 1. The van der Waals surface area contributed by atoms with Crippen LogP contribution in [-0.4, -0.2) is 16.5 Å². The van der Waals surface area contributed by atoms with E-state index in [1.54, 1.807) is 6.07 Å². The van der Waals surface area contributed by atoms with Crippen LogP contribution < -0.4 is 11.3 Å². The van der Waals surface area contributed by atoms with Crippen molar-refractivity contribution < 1.29 is 0 Å². The largest absolute Gasteiger partial charge is 0.330 e. The zero-order chi connectivity index (χ0) is 12.1. The first-order valence-electron chi connectivity index (χ1n) is 6.60. The van der Waals surface area contributed by atoms with E-state index in [2.05, 4.69) is 9.97 Å². The van der Waals surface area contributed by atoms with Crippen LogP contribution in [0.15, 0.2) is 10.9 Å². The predicted octanol–water partition coefficient (Wildman–Crippen LogP) is 1.71. The zero-order valence-electron chi connectivity index (χ0n) is 10.2. The second kappa shape index (κ2) is 5.96. The van der Waals surface area contributed by atoms with Gasteiger partial charge in [-0.3, -0.25) is 4.79 Å². The van der Waals surface area contributed by atoms with E-state index in [4.69, 9.17) is 5.73 Å². The molecule has 17 heavy (non-hydrogen) atoms. The Bertz CT molecular complexity index is 407. The molecule has 1 aliphatic carbocycles. The van der Waals surface area contributed by atoms with Crippen molar-refractivity contribution in [1.82, 2.24) is 9.97 Å². The third kappa shape index (κ3) is 3.40. The normalized spacial score (nSPS) is 17.2. The van der Waals surface area contributed by atoms with Crippen LogP contribution in [0.1, 0.15) is 56.0 Å². The summed E-state index contributed by atoms with van der Waals surface area (Å²) in [6, 6.07) is 1.67. The Balaban J connectivity index is 2.15. The third-order valence-electron chi connectivity index (χ3n) is 3.45. The molecule has 4 heteroatoms. The van der Waals surface area contributed by atoms with Gasteiger partial charge in [-0.2, -0.15) is 0 Å². The van der Waals surface area contributed by atoms with E-state index in [-0.39, 0.29) is 5.56 Å². The van der Waals surface area contributed by atoms with Crippen LogP contribution in [-0.2, 0) is 6.42 Å². The minimum absolute atomic E-state index is 0.0207. The summed E-state index contributed by atoms with van der Waals surface area (Å²) < 4.78 is 0. The predicted molar refractivity (Wildman–Crippen MR) is 68.1 cm³/mol. The van der Waals surface area contributed by atoms with E-state index in [9.17, 15) is 4.79 Å². The first kappa shape index (κ1) is 12.3. The van der Waals surface area contributed by atoms with Gasteiger partial charge in [0.15, 0.2) is 0 Å². The summed E-state index contributed by atoms with van der Waals surface area (Å²) in [4.78, 5) is 19.0. The lowest BCUT2D eigenvalue weighted by Crippen LogP contribution is -2.17. The highest BCUT2D eigenvalue weighted by molar-refractivity contribution is 5.09. The summed E-state index contributed by atoms with van der Waals surface area (Å²) in [7, 11) is 0. The second-order valence-electron chi connectivity index (χ2n) is 4.84. The maximum atomic E-state index is 11.6. The number of aryl methyl sites for hydroxylation is 1. The summed E-state index contributed by atoms with van der Waals surface area (Å²) in [5.41, 5.74) is 6.44. The molecule has 0 aromatic carbocycles.